The van der Waals surface area contributed by atoms with E-state index in [2.05, 4.69) is 4.40 Å². The van der Waals surface area contributed by atoms with E-state index in [0.717, 1.165) is 6.34 Å². The largest absolute Gasteiger partial charge is 0.377 e. The number of ether oxygens (including phenoxy) is 1. The van der Waals surface area contributed by atoms with E-state index in [1.807, 2.05) is 0 Å². The molecule has 0 N–H and O–H groups in total. The van der Waals surface area contributed by atoms with E-state index >= 15 is 0 Å². The van der Waals surface area contributed by atoms with Gasteiger partial charge in [-0.15, -0.1) is 4.40 Å². The van der Waals surface area contributed by atoms with Crippen LogP contribution in [0.25, 0.3) is 0 Å². The molecule has 1 aliphatic heterocycles. The number of sulfonamides is 1. The molecule has 1 heterocycles. The summed E-state index contributed by atoms with van der Waals surface area (Å²) < 4.78 is 31.6. The first kappa shape index (κ1) is 12.7. The molecule has 1 aromatic rings. The third-order valence-corrected chi connectivity index (χ3v) is 3.70. The first-order valence-corrected chi connectivity index (χ1v) is 6.65. The first-order valence-electron chi connectivity index (χ1n) is 5.21. The Morgan fingerprint density at radius 3 is 2.83 bits per heavy atom. The molecule has 0 aromatic heterocycles. The summed E-state index contributed by atoms with van der Waals surface area (Å²) in [4.78, 5) is 13.1. The number of ketones is 1. The lowest BCUT2D eigenvalue weighted by molar-refractivity contribution is -0.121. The van der Waals surface area contributed by atoms with Crippen molar-refractivity contribution in [3.05, 3.63) is 24.3 Å². The Morgan fingerprint density at radius 2 is 2.11 bits per heavy atom. The van der Waals surface area contributed by atoms with Crippen molar-refractivity contribution in [3.63, 3.8) is 0 Å². The molecular formula is C11H12N2O4S. The van der Waals surface area contributed by atoms with Gasteiger partial charge in [0.25, 0.3) is 10.0 Å². The van der Waals surface area contributed by atoms with Gasteiger partial charge in [0.2, 0.25) is 0 Å². The lowest BCUT2D eigenvalue weighted by atomic mass is 10.2. The first-order chi connectivity index (χ1) is 8.54. The number of carbonyl (C=O) groups excluding carboxylic acids is 1. The molecule has 1 aromatic carbocycles. The summed E-state index contributed by atoms with van der Waals surface area (Å²) in [5, 5.41) is 0. The van der Waals surface area contributed by atoms with Crippen molar-refractivity contribution in [1.29, 1.82) is 0 Å². The molecule has 0 saturated heterocycles. The number of hydrogen-bond acceptors (Lipinski definition) is 5. The van der Waals surface area contributed by atoms with Crippen molar-refractivity contribution in [1.82, 2.24) is 0 Å². The van der Waals surface area contributed by atoms with E-state index in [4.69, 9.17) is 4.74 Å². The summed E-state index contributed by atoms with van der Waals surface area (Å²) in [6.07, 6.45) is 1.16. The number of nitrogens with zero attached hydrogens (tertiary/aromatic N) is 2. The summed E-state index contributed by atoms with van der Waals surface area (Å²) >= 11 is 0. The Bertz CT molecular complexity index is 595. The van der Waals surface area contributed by atoms with Crippen LogP contribution in [0.15, 0.2) is 33.6 Å². The third kappa shape index (κ3) is 2.41. The molecule has 0 atom stereocenters. The Hall–Kier alpha value is -1.73. The van der Waals surface area contributed by atoms with E-state index < -0.39 is 10.0 Å². The molecule has 0 spiro atoms. The number of carbonyl (C=O) groups is 1. The van der Waals surface area contributed by atoms with Gasteiger partial charge in [0.1, 0.15) is 17.8 Å². The van der Waals surface area contributed by atoms with Gasteiger partial charge in [-0.3, -0.25) is 4.79 Å². The monoisotopic (exact) mass is 268 g/mol. The molecule has 0 saturated carbocycles. The smallest absolute Gasteiger partial charge is 0.285 e. The fourth-order valence-electron chi connectivity index (χ4n) is 1.67. The number of fused-ring (bicyclic) bond motifs is 1. The second-order valence-corrected chi connectivity index (χ2v) is 5.36. The van der Waals surface area contributed by atoms with Crippen molar-refractivity contribution in [3.8, 4) is 0 Å². The van der Waals surface area contributed by atoms with Gasteiger partial charge in [-0.25, -0.2) is 0 Å². The zero-order chi connectivity index (χ0) is 13.2. The summed E-state index contributed by atoms with van der Waals surface area (Å²) in [7, 11) is -2.21. The second kappa shape index (κ2) is 4.87. The summed E-state index contributed by atoms with van der Waals surface area (Å²) in [6, 6.07) is 6.43. The number of anilines is 1. The van der Waals surface area contributed by atoms with E-state index in [1.165, 1.54) is 18.1 Å². The van der Waals surface area contributed by atoms with Crippen LogP contribution in [0.2, 0.25) is 0 Å². The third-order valence-electron chi connectivity index (χ3n) is 2.43. The molecule has 1 aliphatic rings. The minimum Gasteiger partial charge on any atom is -0.377 e. The number of benzene rings is 1. The SMILES string of the molecule is COCC(=O)CN1C=NS(=O)(=O)c2ccccc21. The number of methoxy groups -OCH3 is 1. The lowest BCUT2D eigenvalue weighted by Crippen LogP contribution is -2.33. The highest BCUT2D eigenvalue weighted by Crippen LogP contribution is 2.28. The molecule has 96 valence electrons. The van der Waals surface area contributed by atoms with Gasteiger partial charge >= 0.3 is 0 Å². The normalized spacial score (nSPS) is 16.4. The highest BCUT2D eigenvalue weighted by Gasteiger charge is 2.25. The molecule has 0 radical (unpaired) electrons. The van der Waals surface area contributed by atoms with Crippen LogP contribution in [-0.4, -0.2) is 40.8 Å². The van der Waals surface area contributed by atoms with Crippen LogP contribution in [0.3, 0.4) is 0 Å². The standard InChI is InChI=1S/C11H12N2O4S/c1-17-7-9(14)6-13-8-12-18(15,16)11-5-3-2-4-10(11)13/h2-5,8H,6-7H2,1H3. The average molecular weight is 268 g/mol. The number of hydrogen-bond donors (Lipinski definition) is 0. The molecule has 7 heteroatoms. The van der Waals surface area contributed by atoms with Gasteiger partial charge in [0, 0.05) is 7.11 Å². The molecule has 6 nitrogen and oxygen atoms in total. The molecular weight excluding hydrogens is 256 g/mol. The van der Waals surface area contributed by atoms with Gasteiger partial charge in [0.05, 0.1) is 12.2 Å². The highest BCUT2D eigenvalue weighted by molar-refractivity contribution is 7.90. The topological polar surface area (TPSA) is 76.0 Å². The maximum Gasteiger partial charge on any atom is 0.285 e. The van der Waals surface area contributed by atoms with Gasteiger partial charge in [-0.2, -0.15) is 8.42 Å². The van der Waals surface area contributed by atoms with Crippen LogP contribution in [0.1, 0.15) is 0 Å². The van der Waals surface area contributed by atoms with Gasteiger partial charge < -0.3 is 9.64 Å². The zero-order valence-electron chi connectivity index (χ0n) is 9.74. The van der Waals surface area contributed by atoms with Crippen molar-refractivity contribution < 1.29 is 17.9 Å². The van der Waals surface area contributed by atoms with E-state index in [9.17, 15) is 13.2 Å². The Labute approximate surface area is 105 Å². The van der Waals surface area contributed by atoms with Crippen LogP contribution in [0, 0.1) is 0 Å². The summed E-state index contributed by atoms with van der Waals surface area (Å²) in [6.45, 7) is 0.0170. The predicted molar refractivity (Wildman–Crippen MR) is 66.3 cm³/mol. The Balaban J connectivity index is 2.33. The van der Waals surface area contributed by atoms with Crippen molar-refractivity contribution in [2.24, 2.45) is 4.40 Å². The molecule has 0 bridgehead atoms. The zero-order valence-corrected chi connectivity index (χ0v) is 10.6. The fraction of sp³-hybridized carbons (Fsp3) is 0.273. The molecule has 0 fully saturated rings. The predicted octanol–water partition coefficient (Wildman–Crippen LogP) is 0.439. The Kier molecular flexibility index (Phi) is 3.44. The maximum atomic E-state index is 11.7. The highest BCUT2D eigenvalue weighted by atomic mass is 32.2. The molecule has 2 rings (SSSR count). The average Bonchev–Trinajstić information content (AvgIpc) is 2.34. The van der Waals surface area contributed by atoms with E-state index in [1.54, 1.807) is 18.2 Å². The lowest BCUT2D eigenvalue weighted by Gasteiger charge is -2.24. The van der Waals surface area contributed by atoms with Crippen molar-refractivity contribution in [2.45, 2.75) is 4.90 Å². The summed E-state index contributed by atoms with van der Waals surface area (Å²) in [5.74, 6) is -0.155. The van der Waals surface area contributed by atoms with Crippen LogP contribution in [0.4, 0.5) is 5.69 Å². The summed E-state index contributed by atoms with van der Waals surface area (Å²) in [5.41, 5.74) is 0.456. The van der Waals surface area contributed by atoms with E-state index in [-0.39, 0.29) is 23.8 Å². The molecule has 18 heavy (non-hydrogen) atoms. The van der Waals surface area contributed by atoms with Crippen LogP contribution >= 0.6 is 0 Å². The second-order valence-electron chi connectivity index (χ2n) is 3.76. The van der Waals surface area contributed by atoms with Gasteiger partial charge in [-0.05, 0) is 12.1 Å². The van der Waals surface area contributed by atoms with E-state index in [0.29, 0.717) is 5.69 Å². The molecule has 0 unspecified atom stereocenters. The number of rotatable bonds is 4. The van der Waals surface area contributed by atoms with Crippen molar-refractivity contribution >= 4 is 27.8 Å². The number of Topliss-reactive ketones (excluding diaryl/α,β-unsaturated/α-hetero) is 1. The quantitative estimate of drug-likeness (QED) is 0.792. The van der Waals surface area contributed by atoms with Crippen molar-refractivity contribution in [2.75, 3.05) is 25.2 Å². The van der Waals surface area contributed by atoms with Crippen LogP contribution in [-0.2, 0) is 19.6 Å². The van der Waals surface area contributed by atoms with Gasteiger partial charge in [0.15, 0.2) is 5.78 Å². The molecule has 0 amide bonds. The Morgan fingerprint density at radius 1 is 1.39 bits per heavy atom. The molecule has 0 aliphatic carbocycles. The van der Waals surface area contributed by atoms with Gasteiger partial charge in [-0.1, -0.05) is 12.1 Å². The number of para-hydroxylation sites is 1. The fourth-order valence-corrected chi connectivity index (χ4v) is 2.72. The van der Waals surface area contributed by atoms with Crippen LogP contribution in [0.5, 0.6) is 0 Å². The maximum absolute atomic E-state index is 11.7. The minimum absolute atomic E-state index is 0.0146. The minimum atomic E-state index is -3.64. The van der Waals surface area contributed by atoms with Crippen LogP contribution < -0.4 is 4.90 Å².